The maximum absolute atomic E-state index is 15.4. The topological polar surface area (TPSA) is 78.2 Å². The van der Waals surface area contributed by atoms with E-state index in [1.165, 1.54) is 18.3 Å². The minimum atomic E-state index is -4.57. The summed E-state index contributed by atoms with van der Waals surface area (Å²) in [5.74, 6) is -0.561. The number of pyridine rings is 1. The van der Waals surface area contributed by atoms with Crippen molar-refractivity contribution in [2.75, 3.05) is 24.6 Å². The van der Waals surface area contributed by atoms with Gasteiger partial charge in [-0.2, -0.15) is 18.4 Å². The molecular formula is C28H25F4N4O2Rb. The van der Waals surface area contributed by atoms with E-state index in [2.05, 4.69) is 17.3 Å². The minimum Gasteiger partial charge on any atom is -0.508 e. The van der Waals surface area contributed by atoms with Crippen molar-refractivity contribution >= 4 is 11.6 Å². The molecule has 1 N–H and O–H groups in total. The van der Waals surface area contributed by atoms with Gasteiger partial charge in [0.25, 0.3) is 0 Å². The molecule has 11 heteroatoms. The summed E-state index contributed by atoms with van der Waals surface area (Å²) in [6, 6.07) is 13.1. The Morgan fingerprint density at radius 1 is 1.21 bits per heavy atom. The molecule has 1 aliphatic rings. The number of rotatable bonds is 6. The van der Waals surface area contributed by atoms with E-state index < -0.39 is 28.9 Å². The van der Waals surface area contributed by atoms with Gasteiger partial charge in [0, 0.05) is 24.8 Å². The zero-order chi connectivity index (χ0) is 27.5. The van der Waals surface area contributed by atoms with Gasteiger partial charge >= 0.3 is 64.4 Å². The third kappa shape index (κ3) is 6.37. The van der Waals surface area contributed by atoms with E-state index in [0.29, 0.717) is 29.2 Å². The average molecular weight is 611 g/mol. The summed E-state index contributed by atoms with van der Waals surface area (Å²) < 4.78 is 60.3. The number of hydrogen-bond donors (Lipinski definition) is 1. The number of carbonyl (C=O) groups excluding carboxylic acids is 1. The van der Waals surface area contributed by atoms with Gasteiger partial charge in [-0.25, -0.2) is 4.39 Å². The van der Waals surface area contributed by atoms with Crippen LogP contribution >= 0.6 is 0 Å². The SMILES string of the molecule is [CH2-]NC(=O)C1(c2cnc(-c3ccccc3OCC)c(F)c2)CCN(c2ccc(C(F)(F)F)cc2C#N)CC1.[Rb+]. The number of anilines is 1. The van der Waals surface area contributed by atoms with Gasteiger partial charge in [0.05, 0.1) is 28.8 Å². The summed E-state index contributed by atoms with van der Waals surface area (Å²) in [6.45, 7) is 2.70. The van der Waals surface area contributed by atoms with Crippen molar-refractivity contribution in [1.29, 1.82) is 5.26 Å². The van der Waals surface area contributed by atoms with Crippen LogP contribution in [-0.2, 0) is 16.4 Å². The van der Waals surface area contributed by atoms with Crippen LogP contribution in [0.25, 0.3) is 11.3 Å². The first-order valence-electron chi connectivity index (χ1n) is 12.0. The summed E-state index contributed by atoms with van der Waals surface area (Å²) in [5.41, 5.74) is -0.910. The van der Waals surface area contributed by atoms with E-state index in [1.54, 1.807) is 29.2 Å². The van der Waals surface area contributed by atoms with Gasteiger partial charge in [-0.15, -0.1) is 0 Å². The van der Waals surface area contributed by atoms with Crippen molar-refractivity contribution in [1.82, 2.24) is 10.3 Å². The summed E-state index contributed by atoms with van der Waals surface area (Å²) >= 11 is 0. The number of aromatic nitrogens is 1. The number of carbonyl (C=O) groups is 1. The predicted molar refractivity (Wildman–Crippen MR) is 134 cm³/mol. The van der Waals surface area contributed by atoms with Gasteiger partial charge in [-0.1, -0.05) is 12.1 Å². The minimum absolute atomic E-state index is 0. The summed E-state index contributed by atoms with van der Waals surface area (Å²) in [7, 11) is 3.49. The van der Waals surface area contributed by atoms with Gasteiger partial charge in [-0.05, 0) is 61.7 Å². The van der Waals surface area contributed by atoms with Gasteiger partial charge in [0.1, 0.15) is 23.3 Å². The van der Waals surface area contributed by atoms with E-state index in [9.17, 15) is 23.2 Å². The molecule has 198 valence electrons. The summed E-state index contributed by atoms with van der Waals surface area (Å²) in [5, 5.41) is 11.9. The normalized spacial score (nSPS) is 14.6. The van der Waals surface area contributed by atoms with Crippen molar-refractivity contribution in [3.63, 3.8) is 0 Å². The number of piperidine rings is 1. The Morgan fingerprint density at radius 3 is 2.49 bits per heavy atom. The molecule has 0 radical (unpaired) electrons. The first kappa shape index (κ1) is 31.2. The molecule has 0 saturated carbocycles. The molecule has 0 spiro atoms. The van der Waals surface area contributed by atoms with Crippen LogP contribution in [0.1, 0.15) is 36.5 Å². The van der Waals surface area contributed by atoms with Crippen molar-refractivity contribution in [2.24, 2.45) is 0 Å². The molecule has 1 fully saturated rings. The Hall–Kier alpha value is -2.32. The van der Waals surface area contributed by atoms with Crippen LogP contribution in [0.3, 0.4) is 0 Å². The predicted octanol–water partition coefficient (Wildman–Crippen LogP) is 2.63. The Kier molecular flexibility index (Phi) is 10.3. The fourth-order valence-corrected chi connectivity index (χ4v) is 4.86. The number of benzene rings is 2. The Morgan fingerprint density at radius 2 is 1.90 bits per heavy atom. The number of amides is 1. The van der Waals surface area contributed by atoms with E-state index >= 15 is 4.39 Å². The van der Waals surface area contributed by atoms with Crippen LogP contribution in [0.2, 0.25) is 0 Å². The number of hydrogen-bond acceptors (Lipinski definition) is 5. The molecule has 6 nitrogen and oxygen atoms in total. The Labute approximate surface area is 273 Å². The summed E-state index contributed by atoms with van der Waals surface area (Å²) in [4.78, 5) is 19.2. The van der Waals surface area contributed by atoms with Crippen LogP contribution < -0.4 is 73.1 Å². The van der Waals surface area contributed by atoms with E-state index in [0.717, 1.165) is 12.1 Å². The number of nitrogens with zero attached hydrogens (tertiary/aromatic N) is 3. The number of para-hydroxylation sites is 1. The molecule has 0 atom stereocenters. The van der Waals surface area contributed by atoms with Crippen LogP contribution in [0.5, 0.6) is 5.75 Å². The second-order valence-electron chi connectivity index (χ2n) is 8.90. The molecule has 0 unspecified atom stereocenters. The molecule has 0 aliphatic carbocycles. The molecule has 1 amide bonds. The largest absolute Gasteiger partial charge is 1.00 e. The van der Waals surface area contributed by atoms with Crippen LogP contribution in [0.4, 0.5) is 23.2 Å². The van der Waals surface area contributed by atoms with E-state index in [-0.39, 0.29) is 95.4 Å². The second kappa shape index (κ2) is 12.9. The number of nitrogens with one attached hydrogen (secondary N) is 1. The average Bonchev–Trinajstić information content (AvgIpc) is 2.92. The van der Waals surface area contributed by atoms with Gasteiger partial charge < -0.3 is 15.0 Å². The van der Waals surface area contributed by atoms with Crippen LogP contribution in [0, 0.1) is 24.2 Å². The first-order valence-corrected chi connectivity index (χ1v) is 12.0. The molecule has 3 aromatic rings. The van der Waals surface area contributed by atoms with Crippen molar-refractivity contribution < 1.29 is 85.3 Å². The molecule has 1 aliphatic heterocycles. The zero-order valence-corrected chi connectivity index (χ0v) is 26.5. The molecule has 4 rings (SSSR count). The fraction of sp³-hybridized carbons (Fsp3) is 0.286. The molecule has 39 heavy (non-hydrogen) atoms. The molecular weight excluding hydrogens is 586 g/mol. The van der Waals surface area contributed by atoms with E-state index in [4.69, 9.17) is 4.74 Å². The zero-order valence-electron chi connectivity index (χ0n) is 21.6. The van der Waals surface area contributed by atoms with Crippen LogP contribution in [-0.4, -0.2) is 30.6 Å². The Balaban J connectivity index is 0.00000420. The molecule has 2 aromatic carbocycles. The first-order chi connectivity index (χ1) is 18.1. The molecule has 0 bridgehead atoms. The third-order valence-electron chi connectivity index (χ3n) is 6.83. The number of alkyl halides is 3. The van der Waals surface area contributed by atoms with Gasteiger partial charge in [0.15, 0.2) is 0 Å². The quantitative estimate of drug-likeness (QED) is 0.343. The van der Waals surface area contributed by atoms with Crippen molar-refractivity contribution in [2.45, 2.75) is 31.4 Å². The van der Waals surface area contributed by atoms with Gasteiger partial charge in [-0.3, -0.25) is 16.8 Å². The standard InChI is InChI=1S/C28H25F4N4O2.Rb/c1-3-38-24-7-5-4-6-21(24)25-22(29)15-20(17-35-25)27(26(37)34-2)10-12-36(13-11-27)23-9-8-19(28(30,31)32)14-18(23)16-33;/h4-9,14-15,17H,2-3,10-13H2,1H3,(H,34,37);/q-1;+1. The third-order valence-corrected chi connectivity index (χ3v) is 6.83. The maximum Gasteiger partial charge on any atom is 1.00 e. The molecule has 1 aromatic heterocycles. The van der Waals surface area contributed by atoms with Crippen molar-refractivity contribution in [3.8, 4) is 23.1 Å². The smallest absolute Gasteiger partial charge is 0.508 e. The van der Waals surface area contributed by atoms with Gasteiger partial charge in [0.2, 0.25) is 5.91 Å². The number of halogens is 4. The second-order valence-corrected chi connectivity index (χ2v) is 8.90. The summed E-state index contributed by atoms with van der Waals surface area (Å²) in [6.07, 6.45) is -2.70. The van der Waals surface area contributed by atoms with Crippen LogP contribution in [0.15, 0.2) is 54.7 Å². The maximum atomic E-state index is 15.4. The monoisotopic (exact) mass is 610 g/mol. The van der Waals surface area contributed by atoms with Crippen molar-refractivity contribution in [3.05, 3.63) is 84.3 Å². The molecule has 2 heterocycles. The number of ether oxygens (including phenoxy) is 1. The fourth-order valence-electron chi connectivity index (χ4n) is 4.86. The Bertz CT molecular complexity index is 1380. The van der Waals surface area contributed by atoms with E-state index in [1.807, 2.05) is 13.0 Å². The molecule has 1 saturated heterocycles. The number of nitriles is 1.